The SMILES string of the molecule is CCOc1ccc([C@H]2CC(=O)Nc3c2cnn3-c2nc3ccccc3s2)cc1. The Morgan fingerprint density at radius 1 is 1.21 bits per heavy atom. The van der Waals surface area contributed by atoms with E-state index in [2.05, 4.69) is 15.4 Å². The van der Waals surface area contributed by atoms with Crippen molar-refractivity contribution < 1.29 is 9.53 Å². The van der Waals surface area contributed by atoms with E-state index in [4.69, 9.17) is 4.74 Å². The summed E-state index contributed by atoms with van der Waals surface area (Å²) in [5, 5.41) is 8.28. The summed E-state index contributed by atoms with van der Waals surface area (Å²) < 4.78 is 8.35. The van der Waals surface area contributed by atoms with E-state index < -0.39 is 0 Å². The first-order valence-electron chi connectivity index (χ1n) is 9.19. The lowest BCUT2D eigenvalue weighted by atomic mass is 9.87. The maximum absolute atomic E-state index is 12.4. The molecule has 0 spiro atoms. The van der Waals surface area contributed by atoms with Crippen molar-refractivity contribution in [1.82, 2.24) is 14.8 Å². The average molecular weight is 390 g/mol. The molecule has 0 saturated heterocycles. The zero-order valence-corrected chi connectivity index (χ0v) is 16.1. The molecule has 2 aromatic carbocycles. The van der Waals surface area contributed by atoms with Gasteiger partial charge in [-0.05, 0) is 36.8 Å². The van der Waals surface area contributed by atoms with E-state index in [1.807, 2.05) is 61.7 Å². The summed E-state index contributed by atoms with van der Waals surface area (Å²) in [7, 11) is 0. The molecule has 1 N–H and O–H groups in total. The lowest BCUT2D eigenvalue weighted by Crippen LogP contribution is -2.24. The summed E-state index contributed by atoms with van der Waals surface area (Å²) in [4.78, 5) is 17.1. The molecular weight excluding hydrogens is 372 g/mol. The number of hydrogen-bond donors (Lipinski definition) is 1. The first-order valence-corrected chi connectivity index (χ1v) is 10.0. The highest BCUT2D eigenvalue weighted by Gasteiger charge is 2.31. The molecule has 0 radical (unpaired) electrons. The van der Waals surface area contributed by atoms with Crippen molar-refractivity contribution in [3.8, 4) is 10.9 Å². The predicted octanol–water partition coefficient (Wildman–Crippen LogP) is 4.35. The molecule has 0 bridgehead atoms. The van der Waals surface area contributed by atoms with Crippen LogP contribution in [0.2, 0.25) is 0 Å². The molecule has 0 unspecified atom stereocenters. The van der Waals surface area contributed by atoms with Gasteiger partial charge in [-0.15, -0.1) is 0 Å². The minimum absolute atomic E-state index is 0.0192. The summed E-state index contributed by atoms with van der Waals surface area (Å²) in [5.74, 6) is 1.47. The number of fused-ring (bicyclic) bond motifs is 2. The molecule has 1 aliphatic rings. The molecule has 1 aliphatic heterocycles. The standard InChI is InChI=1S/C21H18N4O2S/c1-2-27-14-9-7-13(8-10-14)15-11-19(26)24-20-16(15)12-22-25(20)21-23-17-5-3-4-6-18(17)28-21/h3-10,12,15H,2,11H2,1H3,(H,24,26)/t15-/m1/s1. The van der Waals surface area contributed by atoms with E-state index in [-0.39, 0.29) is 11.8 Å². The Morgan fingerprint density at radius 2 is 2.04 bits per heavy atom. The number of nitrogens with zero attached hydrogens (tertiary/aromatic N) is 3. The second-order valence-corrected chi connectivity index (χ2v) is 7.64. The van der Waals surface area contributed by atoms with Gasteiger partial charge in [0.2, 0.25) is 11.0 Å². The Balaban J connectivity index is 1.56. The van der Waals surface area contributed by atoms with Gasteiger partial charge in [-0.2, -0.15) is 9.78 Å². The van der Waals surface area contributed by atoms with Crippen molar-refractivity contribution in [3.63, 3.8) is 0 Å². The highest BCUT2D eigenvalue weighted by atomic mass is 32.1. The number of ether oxygens (including phenoxy) is 1. The van der Waals surface area contributed by atoms with Crippen LogP contribution < -0.4 is 10.1 Å². The second-order valence-electron chi connectivity index (χ2n) is 6.63. The number of carbonyl (C=O) groups is 1. The van der Waals surface area contributed by atoms with E-state index >= 15 is 0 Å². The molecule has 6 nitrogen and oxygen atoms in total. The van der Waals surface area contributed by atoms with E-state index in [0.29, 0.717) is 18.8 Å². The van der Waals surface area contributed by atoms with Crippen molar-refractivity contribution in [2.75, 3.05) is 11.9 Å². The maximum atomic E-state index is 12.4. The highest BCUT2D eigenvalue weighted by Crippen LogP contribution is 2.39. The molecule has 7 heteroatoms. The van der Waals surface area contributed by atoms with E-state index in [0.717, 1.165) is 32.2 Å². The van der Waals surface area contributed by atoms with Crippen LogP contribution in [0.1, 0.15) is 30.4 Å². The van der Waals surface area contributed by atoms with Gasteiger partial charge in [-0.3, -0.25) is 4.79 Å². The third kappa shape index (κ3) is 2.84. The number of benzene rings is 2. The summed E-state index contributed by atoms with van der Waals surface area (Å²) >= 11 is 1.56. The normalized spacial score (nSPS) is 16.0. The smallest absolute Gasteiger partial charge is 0.226 e. The van der Waals surface area contributed by atoms with Gasteiger partial charge < -0.3 is 10.1 Å². The third-order valence-electron chi connectivity index (χ3n) is 4.88. The maximum Gasteiger partial charge on any atom is 0.226 e. The summed E-state index contributed by atoms with van der Waals surface area (Å²) in [6.07, 6.45) is 2.23. The predicted molar refractivity (Wildman–Crippen MR) is 109 cm³/mol. The molecule has 2 aromatic heterocycles. The van der Waals surface area contributed by atoms with E-state index in [1.54, 1.807) is 16.0 Å². The third-order valence-corrected chi connectivity index (χ3v) is 5.89. The largest absolute Gasteiger partial charge is 0.494 e. The van der Waals surface area contributed by atoms with Gasteiger partial charge in [-0.25, -0.2) is 4.98 Å². The molecule has 0 aliphatic carbocycles. The molecule has 1 atom stereocenters. The van der Waals surface area contributed by atoms with Gasteiger partial charge in [0.25, 0.3) is 0 Å². The number of amides is 1. The second kappa shape index (κ2) is 6.76. The van der Waals surface area contributed by atoms with Gasteiger partial charge in [0.1, 0.15) is 11.6 Å². The Bertz CT molecular complexity index is 1130. The Hall–Kier alpha value is -3.19. The number of nitrogens with one attached hydrogen (secondary N) is 1. The van der Waals surface area contributed by atoms with Gasteiger partial charge in [-0.1, -0.05) is 35.6 Å². The zero-order chi connectivity index (χ0) is 19.1. The van der Waals surface area contributed by atoms with Crippen LogP contribution in [-0.4, -0.2) is 27.3 Å². The van der Waals surface area contributed by atoms with Crippen molar-refractivity contribution in [2.24, 2.45) is 0 Å². The summed E-state index contributed by atoms with van der Waals surface area (Å²) in [6, 6.07) is 15.9. The monoisotopic (exact) mass is 390 g/mol. The van der Waals surface area contributed by atoms with Crippen molar-refractivity contribution in [3.05, 3.63) is 65.9 Å². The van der Waals surface area contributed by atoms with Crippen LogP contribution >= 0.6 is 11.3 Å². The Morgan fingerprint density at radius 3 is 2.82 bits per heavy atom. The number of anilines is 1. The summed E-state index contributed by atoms with van der Waals surface area (Å²) in [6.45, 7) is 2.59. The molecule has 1 amide bonds. The topological polar surface area (TPSA) is 69.0 Å². The van der Waals surface area contributed by atoms with Crippen LogP contribution in [-0.2, 0) is 4.79 Å². The van der Waals surface area contributed by atoms with Gasteiger partial charge in [0, 0.05) is 17.9 Å². The number of thiazole rings is 1. The lowest BCUT2D eigenvalue weighted by molar-refractivity contribution is -0.116. The summed E-state index contributed by atoms with van der Waals surface area (Å²) in [5.41, 5.74) is 3.00. The molecule has 28 heavy (non-hydrogen) atoms. The Kier molecular flexibility index (Phi) is 4.09. The number of hydrogen-bond acceptors (Lipinski definition) is 5. The molecule has 3 heterocycles. The fourth-order valence-corrected chi connectivity index (χ4v) is 4.51. The molecule has 0 saturated carbocycles. The highest BCUT2D eigenvalue weighted by molar-refractivity contribution is 7.20. The first kappa shape index (κ1) is 16.9. The minimum Gasteiger partial charge on any atom is -0.494 e. The molecule has 140 valence electrons. The number of carbonyl (C=O) groups excluding carboxylic acids is 1. The van der Waals surface area contributed by atoms with Crippen LogP contribution in [0.4, 0.5) is 5.82 Å². The number of para-hydroxylation sites is 1. The van der Waals surface area contributed by atoms with E-state index in [1.165, 1.54) is 0 Å². The zero-order valence-electron chi connectivity index (χ0n) is 15.3. The lowest BCUT2D eigenvalue weighted by Gasteiger charge is -2.23. The van der Waals surface area contributed by atoms with Gasteiger partial charge in [0.05, 0.1) is 23.0 Å². The van der Waals surface area contributed by atoms with Crippen LogP contribution in [0.3, 0.4) is 0 Å². The van der Waals surface area contributed by atoms with Crippen molar-refractivity contribution in [1.29, 1.82) is 0 Å². The fraction of sp³-hybridized carbons (Fsp3) is 0.190. The molecule has 4 aromatic rings. The van der Waals surface area contributed by atoms with Gasteiger partial charge in [0.15, 0.2) is 0 Å². The van der Waals surface area contributed by atoms with Crippen LogP contribution in [0, 0.1) is 0 Å². The molecule has 0 fully saturated rings. The minimum atomic E-state index is -0.0393. The van der Waals surface area contributed by atoms with E-state index in [9.17, 15) is 4.79 Å². The van der Waals surface area contributed by atoms with Crippen LogP contribution in [0.15, 0.2) is 54.7 Å². The van der Waals surface area contributed by atoms with Crippen LogP contribution in [0.5, 0.6) is 5.75 Å². The average Bonchev–Trinajstić information content (AvgIpc) is 3.32. The number of rotatable bonds is 4. The molecule has 5 rings (SSSR count). The first-order chi connectivity index (χ1) is 13.7. The molecular formula is C21H18N4O2S. The van der Waals surface area contributed by atoms with Crippen molar-refractivity contribution in [2.45, 2.75) is 19.3 Å². The van der Waals surface area contributed by atoms with Crippen molar-refractivity contribution >= 4 is 33.3 Å². The quantitative estimate of drug-likeness (QED) is 0.562. The van der Waals surface area contributed by atoms with Gasteiger partial charge >= 0.3 is 0 Å². The van der Waals surface area contributed by atoms with Crippen LogP contribution in [0.25, 0.3) is 15.3 Å². The fourth-order valence-electron chi connectivity index (χ4n) is 3.58. The Labute approximate surface area is 165 Å². The number of aromatic nitrogens is 3.